The molecule has 1 aliphatic carbocycles. The van der Waals surface area contributed by atoms with Crippen molar-refractivity contribution in [2.75, 3.05) is 13.2 Å². The van der Waals surface area contributed by atoms with Crippen LogP contribution in [-0.2, 0) is 4.74 Å². The summed E-state index contributed by atoms with van der Waals surface area (Å²) in [6.45, 7) is 8.39. The van der Waals surface area contributed by atoms with Gasteiger partial charge in [-0.25, -0.2) is 0 Å². The van der Waals surface area contributed by atoms with Crippen LogP contribution in [0.15, 0.2) is 0 Å². The molecule has 1 heteroatoms. The maximum atomic E-state index is 5.30. The Balaban J connectivity index is 1.93. The minimum atomic E-state index is 0.164. The molecule has 0 aromatic carbocycles. The van der Waals surface area contributed by atoms with Crippen molar-refractivity contribution >= 4 is 0 Å². The molecule has 0 bridgehead atoms. The van der Waals surface area contributed by atoms with Gasteiger partial charge >= 0.3 is 0 Å². The number of fused-ring (bicyclic) bond motifs is 1. The predicted octanol–water partition coefficient (Wildman–Crippen LogP) is 1.93. The Morgan fingerprint density at radius 1 is 1.17 bits per heavy atom. The van der Waals surface area contributed by atoms with E-state index in [1.807, 2.05) is 0 Å². The largest absolute Gasteiger partial charge is 0.381 e. The molecule has 2 aliphatic rings. The molecule has 2 fully saturated rings. The summed E-state index contributed by atoms with van der Waals surface area (Å²) in [5, 5.41) is 0. The van der Waals surface area contributed by atoms with Crippen LogP contribution in [0.1, 0.15) is 20.8 Å². The number of hydrogen-bond donors (Lipinski definition) is 0. The predicted molar refractivity (Wildman–Crippen MR) is 48.5 cm³/mol. The second-order valence-electron chi connectivity index (χ2n) is 4.91. The zero-order valence-corrected chi connectivity index (χ0v) is 8.05. The Hall–Kier alpha value is -0.480. The molecule has 0 aromatic rings. The van der Waals surface area contributed by atoms with E-state index in [4.69, 9.17) is 4.74 Å². The van der Waals surface area contributed by atoms with Crippen molar-refractivity contribution in [2.45, 2.75) is 20.8 Å². The quantitative estimate of drug-likeness (QED) is 0.497. The van der Waals surface area contributed by atoms with Gasteiger partial charge in [-0.05, 0) is 20.8 Å². The molecule has 3 atom stereocenters. The Morgan fingerprint density at radius 2 is 1.75 bits per heavy atom. The fourth-order valence-corrected chi connectivity index (χ4v) is 1.75. The van der Waals surface area contributed by atoms with E-state index in [2.05, 4.69) is 32.6 Å². The summed E-state index contributed by atoms with van der Waals surface area (Å²) in [7, 11) is 0. The van der Waals surface area contributed by atoms with E-state index >= 15 is 0 Å². The van der Waals surface area contributed by atoms with Crippen molar-refractivity contribution < 1.29 is 4.74 Å². The average molecular weight is 164 g/mol. The molecular weight excluding hydrogens is 148 g/mol. The van der Waals surface area contributed by atoms with E-state index in [1.54, 1.807) is 0 Å². The molecule has 1 unspecified atom stereocenters. The van der Waals surface area contributed by atoms with E-state index in [0.29, 0.717) is 5.92 Å². The molecule has 1 saturated carbocycles. The van der Waals surface area contributed by atoms with Crippen LogP contribution in [0, 0.1) is 35.0 Å². The molecule has 1 nitrogen and oxygen atoms in total. The molecule has 0 amide bonds. The van der Waals surface area contributed by atoms with E-state index in [-0.39, 0.29) is 5.41 Å². The van der Waals surface area contributed by atoms with Crippen LogP contribution >= 0.6 is 0 Å². The third-order valence-electron chi connectivity index (χ3n) is 2.57. The van der Waals surface area contributed by atoms with Gasteiger partial charge in [0.1, 0.15) is 0 Å². The highest BCUT2D eigenvalue weighted by molar-refractivity contribution is 5.21. The van der Waals surface area contributed by atoms with E-state index in [1.165, 1.54) is 0 Å². The molecule has 0 N–H and O–H groups in total. The van der Waals surface area contributed by atoms with Gasteiger partial charge in [0, 0.05) is 23.2 Å². The SMILES string of the molecule is CC(C)(C)C#CC1[C@H]2COC[C@@H]12. The molecule has 0 aromatic heterocycles. The molecule has 1 saturated heterocycles. The summed E-state index contributed by atoms with van der Waals surface area (Å²) >= 11 is 0. The molecule has 12 heavy (non-hydrogen) atoms. The molecule has 1 aliphatic heterocycles. The Morgan fingerprint density at radius 3 is 2.25 bits per heavy atom. The van der Waals surface area contributed by atoms with Crippen LogP contribution in [0.3, 0.4) is 0 Å². The first kappa shape index (κ1) is 8.13. The lowest BCUT2D eigenvalue weighted by molar-refractivity contribution is 0.158. The summed E-state index contributed by atoms with van der Waals surface area (Å²) < 4.78 is 5.30. The van der Waals surface area contributed by atoms with Crippen LogP contribution in [0.4, 0.5) is 0 Å². The van der Waals surface area contributed by atoms with Gasteiger partial charge in [0.25, 0.3) is 0 Å². The Kier molecular flexibility index (Phi) is 1.70. The summed E-state index contributed by atoms with van der Waals surface area (Å²) in [5.74, 6) is 8.90. The first-order valence-corrected chi connectivity index (χ1v) is 4.68. The zero-order valence-electron chi connectivity index (χ0n) is 8.05. The third kappa shape index (κ3) is 1.49. The Bertz CT molecular complexity index is 228. The van der Waals surface area contributed by atoms with Crippen molar-refractivity contribution in [1.29, 1.82) is 0 Å². The highest BCUT2D eigenvalue weighted by Crippen LogP contribution is 2.50. The van der Waals surface area contributed by atoms with E-state index < -0.39 is 0 Å². The van der Waals surface area contributed by atoms with E-state index in [0.717, 1.165) is 25.0 Å². The average Bonchev–Trinajstić information content (AvgIpc) is 2.41. The summed E-state index contributed by atoms with van der Waals surface area (Å²) in [6.07, 6.45) is 0. The van der Waals surface area contributed by atoms with Gasteiger partial charge in [-0.1, -0.05) is 11.8 Å². The maximum Gasteiger partial charge on any atom is 0.0510 e. The smallest absolute Gasteiger partial charge is 0.0510 e. The maximum absolute atomic E-state index is 5.30. The number of rotatable bonds is 0. The fraction of sp³-hybridized carbons (Fsp3) is 0.818. The van der Waals surface area contributed by atoms with Gasteiger partial charge in [-0.3, -0.25) is 0 Å². The van der Waals surface area contributed by atoms with Crippen molar-refractivity contribution in [1.82, 2.24) is 0 Å². The zero-order chi connectivity index (χ0) is 8.77. The second-order valence-corrected chi connectivity index (χ2v) is 4.91. The minimum Gasteiger partial charge on any atom is -0.381 e. The first-order valence-electron chi connectivity index (χ1n) is 4.68. The van der Waals surface area contributed by atoms with Crippen molar-refractivity contribution in [3.05, 3.63) is 0 Å². The lowest BCUT2D eigenvalue weighted by Gasteiger charge is -2.07. The van der Waals surface area contributed by atoms with Gasteiger partial charge in [-0.15, -0.1) is 0 Å². The first-order chi connectivity index (χ1) is 5.58. The van der Waals surface area contributed by atoms with Crippen molar-refractivity contribution in [2.24, 2.45) is 23.2 Å². The Labute approximate surface area is 74.5 Å². The third-order valence-corrected chi connectivity index (χ3v) is 2.57. The summed E-state index contributed by atoms with van der Waals surface area (Å²) in [4.78, 5) is 0. The molecular formula is C11H16O. The van der Waals surface area contributed by atoms with Crippen molar-refractivity contribution in [3.63, 3.8) is 0 Å². The van der Waals surface area contributed by atoms with Gasteiger partial charge in [0.2, 0.25) is 0 Å². The monoisotopic (exact) mass is 164 g/mol. The minimum absolute atomic E-state index is 0.164. The highest BCUT2D eigenvalue weighted by atomic mass is 16.5. The lowest BCUT2D eigenvalue weighted by Crippen LogP contribution is -2.01. The van der Waals surface area contributed by atoms with Crippen LogP contribution in [-0.4, -0.2) is 13.2 Å². The molecule has 2 rings (SSSR count). The molecule has 0 radical (unpaired) electrons. The van der Waals surface area contributed by atoms with Gasteiger partial charge in [0.15, 0.2) is 0 Å². The summed E-state index contributed by atoms with van der Waals surface area (Å²) in [5.41, 5.74) is 0.164. The van der Waals surface area contributed by atoms with Crippen LogP contribution in [0.25, 0.3) is 0 Å². The van der Waals surface area contributed by atoms with Crippen molar-refractivity contribution in [3.8, 4) is 11.8 Å². The highest BCUT2D eigenvalue weighted by Gasteiger charge is 2.53. The van der Waals surface area contributed by atoms with Gasteiger partial charge < -0.3 is 4.74 Å². The summed E-state index contributed by atoms with van der Waals surface area (Å²) in [6, 6.07) is 0. The van der Waals surface area contributed by atoms with Crippen LogP contribution < -0.4 is 0 Å². The number of ether oxygens (including phenoxy) is 1. The molecule has 0 spiro atoms. The van der Waals surface area contributed by atoms with Gasteiger partial charge in [0.05, 0.1) is 13.2 Å². The van der Waals surface area contributed by atoms with Crippen LogP contribution in [0.5, 0.6) is 0 Å². The normalized spacial score (nSPS) is 38.4. The molecule has 1 heterocycles. The standard InChI is InChI=1S/C11H16O/c1-11(2,3)5-4-8-9-6-12-7-10(8)9/h8-10H,6-7H2,1-3H3/t8?,9-,10+. The molecule has 66 valence electrons. The fourth-order valence-electron chi connectivity index (χ4n) is 1.75. The number of hydrogen-bond acceptors (Lipinski definition) is 1. The van der Waals surface area contributed by atoms with Crippen LogP contribution in [0.2, 0.25) is 0 Å². The second kappa shape index (κ2) is 2.50. The lowest BCUT2D eigenvalue weighted by atomic mass is 9.97. The topological polar surface area (TPSA) is 9.23 Å². The van der Waals surface area contributed by atoms with E-state index in [9.17, 15) is 0 Å². The van der Waals surface area contributed by atoms with Gasteiger partial charge in [-0.2, -0.15) is 0 Å².